The number of rotatable bonds is 2. The second-order valence-electron chi connectivity index (χ2n) is 3.23. The van der Waals surface area contributed by atoms with Crippen LogP contribution in [0.3, 0.4) is 0 Å². The number of hydrogen-bond donors (Lipinski definition) is 0. The summed E-state index contributed by atoms with van der Waals surface area (Å²) in [7, 11) is 1.42. The summed E-state index contributed by atoms with van der Waals surface area (Å²) in [4.78, 5) is 13.2. The van der Waals surface area contributed by atoms with Crippen LogP contribution in [0.2, 0.25) is 4.34 Å². The molecule has 14 heavy (non-hydrogen) atoms. The van der Waals surface area contributed by atoms with Crippen molar-refractivity contribution in [3.8, 4) is 0 Å². The molecule has 0 radical (unpaired) electrons. The van der Waals surface area contributed by atoms with Crippen LogP contribution in [-0.2, 0) is 9.53 Å². The predicted molar refractivity (Wildman–Crippen MR) is 57.0 cm³/mol. The van der Waals surface area contributed by atoms with Gasteiger partial charge in [0.25, 0.3) is 0 Å². The molecule has 0 aliphatic carbocycles. The van der Waals surface area contributed by atoms with Crippen LogP contribution in [0.15, 0.2) is 11.4 Å². The lowest BCUT2D eigenvalue weighted by molar-refractivity contribution is -0.146. The second kappa shape index (κ2) is 3.79. The largest absolute Gasteiger partial charge is 0.469 e. The van der Waals surface area contributed by atoms with E-state index >= 15 is 0 Å². The average molecular weight is 232 g/mol. The number of esters is 1. The van der Waals surface area contributed by atoms with Gasteiger partial charge in [-0.25, -0.2) is 0 Å². The van der Waals surface area contributed by atoms with E-state index in [1.807, 2.05) is 11.4 Å². The molecule has 1 fully saturated rings. The van der Waals surface area contributed by atoms with Crippen LogP contribution in [0.1, 0.15) is 0 Å². The van der Waals surface area contributed by atoms with Crippen molar-refractivity contribution in [1.82, 2.24) is 0 Å². The third-order valence-electron chi connectivity index (χ3n) is 2.33. The van der Waals surface area contributed by atoms with Crippen LogP contribution in [0.5, 0.6) is 0 Å². The minimum Gasteiger partial charge on any atom is -0.469 e. The summed E-state index contributed by atoms with van der Waals surface area (Å²) in [5.74, 6) is -0.0961. The first-order chi connectivity index (χ1) is 6.70. The Morgan fingerprint density at radius 1 is 1.71 bits per heavy atom. The van der Waals surface area contributed by atoms with Gasteiger partial charge in [-0.05, 0) is 6.07 Å². The molecule has 3 nitrogen and oxygen atoms in total. The molecule has 1 aromatic heterocycles. The summed E-state index contributed by atoms with van der Waals surface area (Å²) in [5.41, 5.74) is 1.10. The number of halogens is 1. The topological polar surface area (TPSA) is 29.5 Å². The van der Waals surface area contributed by atoms with Crippen molar-refractivity contribution in [3.63, 3.8) is 0 Å². The van der Waals surface area contributed by atoms with E-state index in [1.165, 1.54) is 18.4 Å². The van der Waals surface area contributed by atoms with Crippen molar-refractivity contribution < 1.29 is 9.53 Å². The monoisotopic (exact) mass is 231 g/mol. The average Bonchev–Trinajstić information content (AvgIpc) is 2.49. The van der Waals surface area contributed by atoms with Crippen molar-refractivity contribution >= 4 is 34.6 Å². The van der Waals surface area contributed by atoms with Crippen LogP contribution in [0, 0.1) is 5.92 Å². The third-order valence-corrected chi connectivity index (χ3v) is 3.41. The van der Waals surface area contributed by atoms with Gasteiger partial charge < -0.3 is 9.64 Å². The fourth-order valence-corrected chi connectivity index (χ4v) is 2.36. The molecule has 1 saturated heterocycles. The zero-order valence-electron chi connectivity index (χ0n) is 7.70. The highest BCUT2D eigenvalue weighted by molar-refractivity contribution is 7.14. The van der Waals surface area contributed by atoms with Gasteiger partial charge in [-0.2, -0.15) is 0 Å². The summed E-state index contributed by atoms with van der Waals surface area (Å²) in [6.45, 7) is 1.47. The number of carbonyl (C=O) groups excluding carboxylic acids is 1. The van der Waals surface area contributed by atoms with Crippen molar-refractivity contribution in [1.29, 1.82) is 0 Å². The van der Waals surface area contributed by atoms with Crippen LogP contribution in [0.4, 0.5) is 5.69 Å². The molecule has 1 aliphatic heterocycles. The number of ether oxygens (including phenoxy) is 1. The Labute approximate surface area is 91.2 Å². The molecule has 5 heteroatoms. The summed E-state index contributed by atoms with van der Waals surface area (Å²) in [6.07, 6.45) is 0. The summed E-state index contributed by atoms with van der Waals surface area (Å²) in [5, 5.41) is 2.00. The van der Waals surface area contributed by atoms with E-state index in [1.54, 1.807) is 0 Å². The highest BCUT2D eigenvalue weighted by Crippen LogP contribution is 2.31. The standard InChI is InChI=1S/C9H10ClNO2S/c1-13-9(12)6-3-11(4-6)7-2-8(10)14-5-7/h2,5-6H,3-4H2,1H3. The molecule has 0 aromatic carbocycles. The maximum atomic E-state index is 11.1. The molecule has 76 valence electrons. The normalized spacial score (nSPS) is 16.6. The Bertz CT molecular complexity index is 346. The zero-order valence-corrected chi connectivity index (χ0v) is 9.27. The number of nitrogens with zero attached hydrogens (tertiary/aromatic N) is 1. The first kappa shape index (κ1) is 9.80. The van der Waals surface area contributed by atoms with Crippen LogP contribution < -0.4 is 4.90 Å². The lowest BCUT2D eigenvalue weighted by Crippen LogP contribution is -2.50. The Hall–Kier alpha value is -0.740. The first-order valence-corrected chi connectivity index (χ1v) is 5.53. The van der Waals surface area contributed by atoms with Gasteiger partial charge in [-0.3, -0.25) is 4.79 Å². The number of thiophene rings is 1. The first-order valence-electron chi connectivity index (χ1n) is 4.27. The van der Waals surface area contributed by atoms with Crippen molar-refractivity contribution in [3.05, 3.63) is 15.8 Å². The van der Waals surface area contributed by atoms with Crippen LogP contribution >= 0.6 is 22.9 Å². The highest BCUT2D eigenvalue weighted by Gasteiger charge is 2.33. The van der Waals surface area contributed by atoms with Gasteiger partial charge >= 0.3 is 5.97 Å². The fourth-order valence-electron chi connectivity index (χ4n) is 1.47. The highest BCUT2D eigenvalue weighted by atomic mass is 35.5. The van der Waals surface area contributed by atoms with Gasteiger partial charge in [0, 0.05) is 24.2 Å². The molecule has 0 N–H and O–H groups in total. The SMILES string of the molecule is COC(=O)C1CN(c2csc(Cl)c2)C1. The number of hydrogen-bond acceptors (Lipinski definition) is 4. The van der Waals surface area contributed by atoms with Crippen molar-refractivity contribution in [2.75, 3.05) is 25.1 Å². The molecule has 0 spiro atoms. The lowest BCUT2D eigenvalue weighted by Gasteiger charge is -2.38. The Kier molecular flexibility index (Phi) is 2.65. The number of anilines is 1. The minimum atomic E-state index is -0.123. The number of methoxy groups -OCH3 is 1. The Morgan fingerprint density at radius 2 is 2.43 bits per heavy atom. The van der Waals surface area contributed by atoms with Gasteiger partial charge in [-0.15, -0.1) is 11.3 Å². The van der Waals surface area contributed by atoms with Crippen molar-refractivity contribution in [2.45, 2.75) is 0 Å². The maximum absolute atomic E-state index is 11.1. The fraction of sp³-hybridized carbons (Fsp3) is 0.444. The molecule has 0 atom stereocenters. The maximum Gasteiger partial charge on any atom is 0.312 e. The van der Waals surface area contributed by atoms with Crippen LogP contribution in [0.25, 0.3) is 0 Å². The molecular formula is C9H10ClNO2S. The summed E-state index contributed by atoms with van der Waals surface area (Å²) < 4.78 is 5.43. The summed E-state index contributed by atoms with van der Waals surface area (Å²) >= 11 is 7.32. The second-order valence-corrected chi connectivity index (χ2v) is 4.78. The molecule has 2 rings (SSSR count). The smallest absolute Gasteiger partial charge is 0.312 e. The molecule has 1 aliphatic rings. The molecule has 2 heterocycles. The van der Waals surface area contributed by atoms with E-state index in [0.717, 1.165) is 23.1 Å². The summed E-state index contributed by atoms with van der Waals surface area (Å²) in [6, 6.07) is 1.92. The van der Waals surface area contributed by atoms with E-state index in [4.69, 9.17) is 11.6 Å². The van der Waals surface area contributed by atoms with Crippen molar-refractivity contribution in [2.24, 2.45) is 5.92 Å². The van der Waals surface area contributed by atoms with Gasteiger partial charge in [0.2, 0.25) is 0 Å². The molecule has 0 saturated carbocycles. The van der Waals surface area contributed by atoms with E-state index in [0.29, 0.717) is 0 Å². The van der Waals surface area contributed by atoms with E-state index in [-0.39, 0.29) is 11.9 Å². The molecule has 0 unspecified atom stereocenters. The molecule has 1 aromatic rings. The molecule has 0 amide bonds. The molecular weight excluding hydrogens is 222 g/mol. The third kappa shape index (κ3) is 1.72. The molecule has 0 bridgehead atoms. The van der Waals surface area contributed by atoms with E-state index < -0.39 is 0 Å². The van der Waals surface area contributed by atoms with E-state index in [9.17, 15) is 4.79 Å². The number of carbonyl (C=O) groups is 1. The van der Waals surface area contributed by atoms with Gasteiger partial charge in [0.1, 0.15) is 0 Å². The predicted octanol–water partition coefficient (Wildman–Crippen LogP) is 2.01. The van der Waals surface area contributed by atoms with E-state index in [2.05, 4.69) is 9.64 Å². The Morgan fingerprint density at radius 3 is 2.93 bits per heavy atom. The Balaban J connectivity index is 1.92. The quantitative estimate of drug-likeness (QED) is 0.730. The van der Waals surface area contributed by atoms with Gasteiger partial charge in [-0.1, -0.05) is 11.6 Å². The minimum absolute atomic E-state index is 0.0266. The van der Waals surface area contributed by atoms with Gasteiger partial charge in [0.15, 0.2) is 0 Å². The zero-order chi connectivity index (χ0) is 10.1. The van der Waals surface area contributed by atoms with Crippen LogP contribution in [-0.4, -0.2) is 26.2 Å². The van der Waals surface area contributed by atoms with Gasteiger partial charge in [0.05, 0.1) is 17.4 Å². The lowest BCUT2D eigenvalue weighted by atomic mass is 10.0.